The van der Waals surface area contributed by atoms with Gasteiger partial charge < -0.3 is 15.5 Å². The van der Waals surface area contributed by atoms with Crippen LogP contribution in [0.25, 0.3) is 0 Å². The lowest BCUT2D eigenvalue weighted by Crippen LogP contribution is -2.42. The topological polar surface area (TPSA) is 104 Å². The monoisotopic (exact) mass is 415 g/mol. The van der Waals surface area contributed by atoms with Gasteiger partial charge in [-0.2, -0.15) is 0 Å². The van der Waals surface area contributed by atoms with E-state index in [1.165, 1.54) is 0 Å². The normalized spacial score (nSPS) is 22.1. The van der Waals surface area contributed by atoms with E-state index in [1.807, 2.05) is 44.2 Å². The molecule has 2 aliphatic rings. The highest BCUT2D eigenvalue weighted by Gasteiger charge is 2.48. The van der Waals surface area contributed by atoms with Crippen LogP contribution in [-0.2, 0) is 22.1 Å². The van der Waals surface area contributed by atoms with Crippen LogP contribution in [0.15, 0.2) is 36.5 Å². The molecule has 0 saturated carbocycles. The van der Waals surface area contributed by atoms with Crippen LogP contribution in [0.4, 0.5) is 10.7 Å². The average molecular weight is 416 g/mol. The van der Waals surface area contributed by atoms with Crippen LogP contribution in [0.1, 0.15) is 36.6 Å². The zero-order valence-electron chi connectivity index (χ0n) is 16.5. The fourth-order valence-electron chi connectivity index (χ4n) is 3.94. The van der Waals surface area contributed by atoms with Crippen LogP contribution in [-0.4, -0.2) is 53.7 Å². The van der Waals surface area contributed by atoms with Gasteiger partial charge in [-0.3, -0.25) is 0 Å². The average Bonchev–Trinajstić information content (AvgIpc) is 3.14. The van der Waals surface area contributed by atoms with Gasteiger partial charge in [0.05, 0.1) is 16.7 Å². The number of aromatic nitrogens is 2. The molecular weight excluding hydrogens is 390 g/mol. The summed E-state index contributed by atoms with van der Waals surface area (Å²) in [5.41, 5.74) is 2.46. The van der Waals surface area contributed by atoms with E-state index in [0.717, 1.165) is 11.3 Å². The number of hydrogen-bond donors (Lipinski definition) is 2. The Bertz CT molecular complexity index is 1010. The third-order valence-corrected chi connectivity index (χ3v) is 7.44. The number of anilines is 1. The van der Waals surface area contributed by atoms with Gasteiger partial charge in [0.15, 0.2) is 9.84 Å². The molecule has 9 heteroatoms. The molecule has 0 unspecified atom stereocenters. The van der Waals surface area contributed by atoms with Crippen LogP contribution in [0.3, 0.4) is 0 Å². The molecule has 4 rings (SSSR count). The minimum absolute atomic E-state index is 0.00913. The Morgan fingerprint density at radius 1 is 1.24 bits per heavy atom. The standard InChI is InChI=1S/C20H25N5O3S/c1-13(2)23-20(26)25-10-16-17(11-25)29(27,28)12-15-9-22-19(24-18(15)16)21-8-14-6-4-3-5-7-14/h3-7,9,13,16-17H,8,10-12H2,1-2H3,(H,23,26)(H,21,22,24)/t16-,17+/m0/s1. The van der Waals surface area contributed by atoms with Crippen molar-refractivity contribution in [2.24, 2.45) is 0 Å². The molecular formula is C20H25N5O3S. The predicted molar refractivity (Wildman–Crippen MR) is 110 cm³/mol. The smallest absolute Gasteiger partial charge is 0.317 e. The van der Waals surface area contributed by atoms with E-state index in [4.69, 9.17) is 0 Å². The number of amides is 2. The quantitative estimate of drug-likeness (QED) is 0.790. The van der Waals surface area contributed by atoms with Crippen molar-refractivity contribution < 1.29 is 13.2 Å². The predicted octanol–water partition coefficient (Wildman–Crippen LogP) is 1.90. The summed E-state index contributed by atoms with van der Waals surface area (Å²) in [5.74, 6) is 0.0555. The number of nitrogens with one attached hydrogen (secondary N) is 2. The van der Waals surface area contributed by atoms with E-state index in [0.29, 0.717) is 24.6 Å². The first-order valence-electron chi connectivity index (χ1n) is 9.74. The Balaban J connectivity index is 1.57. The summed E-state index contributed by atoms with van der Waals surface area (Å²) >= 11 is 0. The van der Waals surface area contributed by atoms with Crippen molar-refractivity contribution in [3.8, 4) is 0 Å². The fourth-order valence-corrected chi connectivity index (χ4v) is 5.94. The van der Waals surface area contributed by atoms with E-state index in [9.17, 15) is 13.2 Å². The SMILES string of the molecule is CC(C)NC(=O)N1C[C@@H]2c3nc(NCc4ccccc4)ncc3CS(=O)(=O)[C@@H]2C1. The second kappa shape index (κ2) is 7.62. The molecule has 2 amide bonds. The first kappa shape index (κ1) is 19.6. The van der Waals surface area contributed by atoms with Gasteiger partial charge in [0, 0.05) is 43.4 Å². The lowest BCUT2D eigenvalue weighted by atomic mass is 10.00. The highest BCUT2D eigenvalue weighted by molar-refractivity contribution is 7.91. The van der Waals surface area contributed by atoms with Crippen molar-refractivity contribution in [3.63, 3.8) is 0 Å². The second-order valence-electron chi connectivity index (χ2n) is 7.90. The van der Waals surface area contributed by atoms with Gasteiger partial charge in [-0.05, 0) is 19.4 Å². The van der Waals surface area contributed by atoms with Crippen molar-refractivity contribution in [3.05, 3.63) is 53.3 Å². The van der Waals surface area contributed by atoms with Gasteiger partial charge in [-0.15, -0.1) is 0 Å². The van der Waals surface area contributed by atoms with Crippen LogP contribution in [0.2, 0.25) is 0 Å². The third kappa shape index (κ3) is 4.05. The third-order valence-electron chi connectivity index (χ3n) is 5.33. The lowest BCUT2D eigenvalue weighted by molar-refractivity contribution is 0.205. The molecule has 29 heavy (non-hydrogen) atoms. The summed E-state index contributed by atoms with van der Waals surface area (Å²) in [6.45, 7) is 4.87. The Kier molecular flexibility index (Phi) is 5.16. The van der Waals surface area contributed by atoms with E-state index >= 15 is 0 Å². The number of rotatable bonds is 4. The number of sulfone groups is 1. The summed E-state index contributed by atoms with van der Waals surface area (Å²) in [6, 6.07) is 9.67. The number of hydrogen-bond acceptors (Lipinski definition) is 6. The second-order valence-corrected chi connectivity index (χ2v) is 10.1. The zero-order chi connectivity index (χ0) is 20.6. The van der Waals surface area contributed by atoms with Crippen LogP contribution < -0.4 is 10.6 Å². The number of fused-ring (bicyclic) bond motifs is 3. The first-order chi connectivity index (χ1) is 13.8. The molecule has 1 saturated heterocycles. The van der Waals surface area contributed by atoms with E-state index < -0.39 is 15.1 Å². The van der Waals surface area contributed by atoms with Gasteiger partial charge in [0.2, 0.25) is 5.95 Å². The minimum atomic E-state index is -3.36. The number of likely N-dealkylation sites (tertiary alicyclic amines) is 1. The van der Waals surface area contributed by atoms with Gasteiger partial charge in [-0.25, -0.2) is 23.2 Å². The molecule has 1 aromatic heterocycles. The number of benzene rings is 1. The molecule has 2 aromatic rings. The highest BCUT2D eigenvalue weighted by atomic mass is 32.2. The van der Waals surface area contributed by atoms with Crippen molar-refractivity contribution in [2.45, 2.75) is 43.4 Å². The van der Waals surface area contributed by atoms with Crippen molar-refractivity contribution >= 4 is 21.8 Å². The van der Waals surface area contributed by atoms with Gasteiger partial charge >= 0.3 is 6.03 Å². The highest BCUT2D eigenvalue weighted by Crippen LogP contribution is 2.39. The molecule has 3 heterocycles. The molecule has 0 radical (unpaired) electrons. The Hall–Kier alpha value is -2.68. The lowest BCUT2D eigenvalue weighted by Gasteiger charge is -2.26. The van der Waals surface area contributed by atoms with E-state index in [1.54, 1.807) is 11.1 Å². The molecule has 1 fully saturated rings. The number of urea groups is 1. The summed E-state index contributed by atoms with van der Waals surface area (Å²) in [7, 11) is -3.36. The van der Waals surface area contributed by atoms with E-state index in [2.05, 4.69) is 20.6 Å². The number of carbonyl (C=O) groups excluding carboxylic acids is 1. The molecule has 0 bridgehead atoms. The van der Waals surface area contributed by atoms with E-state index in [-0.39, 0.29) is 30.3 Å². The van der Waals surface area contributed by atoms with Crippen molar-refractivity contribution in [1.82, 2.24) is 20.2 Å². The van der Waals surface area contributed by atoms with Crippen LogP contribution >= 0.6 is 0 Å². The fraction of sp³-hybridized carbons (Fsp3) is 0.450. The Morgan fingerprint density at radius 2 is 2.00 bits per heavy atom. The molecule has 2 aliphatic heterocycles. The minimum Gasteiger partial charge on any atom is -0.350 e. The van der Waals surface area contributed by atoms with Gasteiger partial charge in [-0.1, -0.05) is 30.3 Å². The molecule has 2 N–H and O–H groups in total. The maximum atomic E-state index is 12.8. The van der Waals surface area contributed by atoms with Crippen LogP contribution in [0.5, 0.6) is 0 Å². The van der Waals surface area contributed by atoms with Crippen LogP contribution in [0, 0.1) is 0 Å². The molecule has 1 aromatic carbocycles. The molecule has 154 valence electrons. The molecule has 0 spiro atoms. The number of carbonyl (C=O) groups is 1. The maximum Gasteiger partial charge on any atom is 0.317 e. The molecule has 2 atom stereocenters. The van der Waals surface area contributed by atoms with Crippen molar-refractivity contribution in [2.75, 3.05) is 18.4 Å². The van der Waals surface area contributed by atoms with Crippen molar-refractivity contribution in [1.29, 1.82) is 0 Å². The first-order valence-corrected chi connectivity index (χ1v) is 11.5. The van der Waals surface area contributed by atoms with Gasteiger partial charge in [0.1, 0.15) is 0 Å². The number of nitrogens with zero attached hydrogens (tertiary/aromatic N) is 3. The zero-order valence-corrected chi connectivity index (χ0v) is 17.3. The molecule has 8 nitrogen and oxygen atoms in total. The Morgan fingerprint density at radius 3 is 2.72 bits per heavy atom. The summed E-state index contributed by atoms with van der Waals surface area (Å²) in [4.78, 5) is 23.0. The molecule has 0 aliphatic carbocycles. The summed E-state index contributed by atoms with van der Waals surface area (Å²) in [6.07, 6.45) is 1.60. The maximum absolute atomic E-state index is 12.8. The summed E-state index contributed by atoms with van der Waals surface area (Å²) < 4.78 is 25.6. The largest absolute Gasteiger partial charge is 0.350 e. The van der Waals surface area contributed by atoms with Gasteiger partial charge in [0.25, 0.3) is 0 Å². The summed E-state index contributed by atoms with van der Waals surface area (Å²) in [5, 5.41) is 5.43. The Labute approximate surface area is 170 Å².